The normalized spacial score (nSPS) is 12.4. The molecular weight excluding hydrogens is 262 g/mol. The van der Waals surface area contributed by atoms with E-state index < -0.39 is 0 Å². The predicted molar refractivity (Wildman–Crippen MR) is 76.7 cm³/mol. The SMILES string of the molecule is CCCNC(c1ccc(Cl)c(OC)c1)c1ncc[nH]1. The molecular formula is C14H18ClN3O. The van der Waals surface area contributed by atoms with Crippen LogP contribution in [0.25, 0.3) is 0 Å². The number of aromatic amines is 1. The first-order valence-electron chi connectivity index (χ1n) is 6.32. The number of imidazole rings is 1. The highest BCUT2D eigenvalue weighted by atomic mass is 35.5. The molecule has 2 rings (SSSR count). The van der Waals surface area contributed by atoms with Crippen molar-refractivity contribution in [3.05, 3.63) is 47.0 Å². The molecule has 0 spiro atoms. The molecule has 0 aliphatic rings. The van der Waals surface area contributed by atoms with Crippen molar-refractivity contribution < 1.29 is 4.74 Å². The fourth-order valence-electron chi connectivity index (χ4n) is 1.95. The van der Waals surface area contributed by atoms with Gasteiger partial charge in [0.25, 0.3) is 0 Å². The smallest absolute Gasteiger partial charge is 0.137 e. The summed E-state index contributed by atoms with van der Waals surface area (Å²) in [4.78, 5) is 7.48. The average molecular weight is 280 g/mol. The van der Waals surface area contributed by atoms with Gasteiger partial charge >= 0.3 is 0 Å². The van der Waals surface area contributed by atoms with E-state index in [0.29, 0.717) is 10.8 Å². The number of hydrogen-bond acceptors (Lipinski definition) is 3. The monoisotopic (exact) mass is 279 g/mol. The second kappa shape index (κ2) is 6.59. The lowest BCUT2D eigenvalue weighted by Gasteiger charge is -2.18. The van der Waals surface area contributed by atoms with Gasteiger partial charge in [0, 0.05) is 12.4 Å². The zero-order valence-electron chi connectivity index (χ0n) is 11.1. The largest absolute Gasteiger partial charge is 0.495 e. The van der Waals surface area contributed by atoms with Crippen molar-refractivity contribution >= 4 is 11.6 Å². The molecule has 1 aromatic carbocycles. The molecule has 0 amide bonds. The molecule has 1 atom stereocenters. The predicted octanol–water partition coefficient (Wildman–Crippen LogP) is 3.16. The Hall–Kier alpha value is -1.52. The van der Waals surface area contributed by atoms with Crippen LogP contribution in [0.15, 0.2) is 30.6 Å². The number of ether oxygens (including phenoxy) is 1. The van der Waals surface area contributed by atoms with Gasteiger partial charge in [0.15, 0.2) is 0 Å². The summed E-state index contributed by atoms with van der Waals surface area (Å²) in [7, 11) is 1.62. The lowest BCUT2D eigenvalue weighted by Crippen LogP contribution is -2.24. The fourth-order valence-corrected chi connectivity index (χ4v) is 2.15. The summed E-state index contributed by atoms with van der Waals surface area (Å²) in [5.74, 6) is 1.56. The van der Waals surface area contributed by atoms with Crippen molar-refractivity contribution in [2.75, 3.05) is 13.7 Å². The lowest BCUT2D eigenvalue weighted by atomic mass is 10.1. The summed E-state index contributed by atoms with van der Waals surface area (Å²) in [5.41, 5.74) is 1.07. The minimum Gasteiger partial charge on any atom is -0.495 e. The molecule has 0 aliphatic carbocycles. The first-order chi connectivity index (χ1) is 9.26. The Bertz CT molecular complexity index is 513. The second-order valence-electron chi connectivity index (χ2n) is 4.26. The molecule has 5 heteroatoms. The summed E-state index contributed by atoms with van der Waals surface area (Å²) in [5, 5.41) is 4.08. The van der Waals surface area contributed by atoms with Crippen LogP contribution in [0.4, 0.5) is 0 Å². The third kappa shape index (κ3) is 3.28. The maximum absolute atomic E-state index is 6.06. The first kappa shape index (κ1) is 13.9. The van der Waals surface area contributed by atoms with E-state index in [2.05, 4.69) is 22.2 Å². The number of H-pyrrole nitrogens is 1. The molecule has 2 N–H and O–H groups in total. The Labute approximate surface area is 118 Å². The van der Waals surface area contributed by atoms with Crippen LogP contribution in [0, 0.1) is 0 Å². The third-order valence-corrected chi connectivity index (χ3v) is 3.21. The van der Waals surface area contributed by atoms with Gasteiger partial charge in [-0.3, -0.25) is 0 Å². The van der Waals surface area contributed by atoms with Gasteiger partial charge in [-0.25, -0.2) is 4.98 Å². The Morgan fingerprint density at radius 3 is 2.95 bits per heavy atom. The number of nitrogens with zero attached hydrogens (tertiary/aromatic N) is 1. The number of rotatable bonds is 6. The van der Waals surface area contributed by atoms with Crippen molar-refractivity contribution in [1.29, 1.82) is 0 Å². The molecule has 0 saturated heterocycles. The third-order valence-electron chi connectivity index (χ3n) is 2.90. The number of aromatic nitrogens is 2. The summed E-state index contributed by atoms with van der Waals surface area (Å²) in [6.45, 7) is 3.05. The van der Waals surface area contributed by atoms with Crippen molar-refractivity contribution in [1.82, 2.24) is 15.3 Å². The van der Waals surface area contributed by atoms with Crippen molar-refractivity contribution in [3.63, 3.8) is 0 Å². The standard InChI is InChI=1S/C14H18ClN3O/c1-3-6-16-13(14-17-7-8-18-14)10-4-5-11(15)12(9-10)19-2/h4-5,7-9,13,16H,3,6H2,1-2H3,(H,17,18). The van der Waals surface area contributed by atoms with Crippen molar-refractivity contribution in [2.24, 2.45) is 0 Å². The van der Waals surface area contributed by atoms with Gasteiger partial charge in [0.05, 0.1) is 18.2 Å². The fraction of sp³-hybridized carbons (Fsp3) is 0.357. The molecule has 0 saturated carbocycles. The molecule has 1 aromatic heterocycles. The van der Waals surface area contributed by atoms with Crippen LogP contribution in [0.1, 0.15) is 30.8 Å². The van der Waals surface area contributed by atoms with E-state index in [0.717, 1.165) is 24.4 Å². The minimum atomic E-state index is 0.0149. The maximum atomic E-state index is 6.06. The topological polar surface area (TPSA) is 49.9 Å². The van der Waals surface area contributed by atoms with E-state index in [1.807, 2.05) is 24.4 Å². The van der Waals surface area contributed by atoms with E-state index in [9.17, 15) is 0 Å². The van der Waals surface area contributed by atoms with Crippen LogP contribution in [0.2, 0.25) is 5.02 Å². The van der Waals surface area contributed by atoms with Crippen molar-refractivity contribution in [2.45, 2.75) is 19.4 Å². The summed E-state index contributed by atoms with van der Waals surface area (Å²) < 4.78 is 5.27. The number of benzene rings is 1. The summed E-state index contributed by atoms with van der Waals surface area (Å²) in [6.07, 6.45) is 4.63. The number of hydrogen-bond donors (Lipinski definition) is 2. The number of methoxy groups -OCH3 is 1. The molecule has 0 bridgehead atoms. The highest BCUT2D eigenvalue weighted by molar-refractivity contribution is 6.32. The summed E-state index contributed by atoms with van der Waals surface area (Å²) in [6, 6.07) is 5.79. The lowest BCUT2D eigenvalue weighted by molar-refractivity contribution is 0.413. The van der Waals surface area contributed by atoms with Gasteiger partial charge in [-0.05, 0) is 30.7 Å². The van der Waals surface area contributed by atoms with E-state index in [-0.39, 0.29) is 6.04 Å². The van der Waals surface area contributed by atoms with Crippen LogP contribution in [0.3, 0.4) is 0 Å². The van der Waals surface area contributed by atoms with Gasteiger partial charge < -0.3 is 15.0 Å². The zero-order chi connectivity index (χ0) is 13.7. The number of nitrogens with one attached hydrogen (secondary N) is 2. The van der Waals surface area contributed by atoms with E-state index in [1.165, 1.54) is 0 Å². The second-order valence-corrected chi connectivity index (χ2v) is 4.66. The molecule has 19 heavy (non-hydrogen) atoms. The number of halogens is 1. The Morgan fingerprint density at radius 1 is 1.47 bits per heavy atom. The highest BCUT2D eigenvalue weighted by Gasteiger charge is 2.17. The van der Waals surface area contributed by atoms with Gasteiger partial charge in [-0.2, -0.15) is 0 Å². The van der Waals surface area contributed by atoms with Crippen molar-refractivity contribution in [3.8, 4) is 5.75 Å². The van der Waals surface area contributed by atoms with Crippen LogP contribution >= 0.6 is 11.6 Å². The molecule has 0 fully saturated rings. The molecule has 2 aromatic rings. The first-order valence-corrected chi connectivity index (χ1v) is 6.70. The molecule has 0 radical (unpaired) electrons. The van der Waals surface area contributed by atoms with Gasteiger partial charge in [0.1, 0.15) is 11.6 Å². The average Bonchev–Trinajstić information content (AvgIpc) is 2.95. The Morgan fingerprint density at radius 2 is 2.32 bits per heavy atom. The van der Waals surface area contributed by atoms with E-state index >= 15 is 0 Å². The Kier molecular flexibility index (Phi) is 4.82. The van der Waals surface area contributed by atoms with Gasteiger partial charge in [-0.15, -0.1) is 0 Å². The van der Waals surface area contributed by atoms with Gasteiger partial charge in [-0.1, -0.05) is 24.6 Å². The molecule has 102 valence electrons. The summed E-state index contributed by atoms with van der Waals surface area (Å²) >= 11 is 6.06. The van der Waals surface area contributed by atoms with Crippen LogP contribution in [0.5, 0.6) is 5.75 Å². The van der Waals surface area contributed by atoms with E-state index in [4.69, 9.17) is 16.3 Å². The van der Waals surface area contributed by atoms with Crippen LogP contribution in [-0.4, -0.2) is 23.6 Å². The Balaban J connectivity index is 2.32. The van der Waals surface area contributed by atoms with E-state index in [1.54, 1.807) is 13.3 Å². The minimum absolute atomic E-state index is 0.0149. The molecule has 4 nitrogen and oxygen atoms in total. The van der Waals surface area contributed by atoms with Crippen LogP contribution < -0.4 is 10.1 Å². The van der Waals surface area contributed by atoms with Crippen LogP contribution in [-0.2, 0) is 0 Å². The molecule has 1 unspecified atom stereocenters. The highest BCUT2D eigenvalue weighted by Crippen LogP contribution is 2.29. The molecule has 1 heterocycles. The van der Waals surface area contributed by atoms with Gasteiger partial charge in [0.2, 0.25) is 0 Å². The molecule has 0 aliphatic heterocycles. The zero-order valence-corrected chi connectivity index (χ0v) is 11.9. The quantitative estimate of drug-likeness (QED) is 0.854. The maximum Gasteiger partial charge on any atom is 0.137 e.